The fraction of sp³-hybridized carbons (Fsp3) is 0. The molecule has 7 heteroatoms. The van der Waals surface area contributed by atoms with Crippen molar-refractivity contribution in [2.75, 3.05) is 0 Å². The van der Waals surface area contributed by atoms with E-state index in [1.54, 1.807) is 0 Å². The summed E-state index contributed by atoms with van der Waals surface area (Å²) < 4.78 is 29.8. The molecule has 6 heterocycles. The molecule has 0 spiro atoms. The van der Waals surface area contributed by atoms with E-state index in [0.717, 1.165) is 100 Å². The van der Waals surface area contributed by atoms with Gasteiger partial charge in [0.2, 0.25) is 8.07 Å². The highest BCUT2D eigenvalue weighted by Gasteiger charge is 2.60. The molecule has 3 aromatic heterocycles. The van der Waals surface area contributed by atoms with Gasteiger partial charge in [0, 0.05) is 47.9 Å². The third-order valence-electron chi connectivity index (χ3n) is 14.7. The highest BCUT2D eigenvalue weighted by Crippen LogP contribution is 2.52. The third kappa shape index (κ3) is 4.35. The van der Waals surface area contributed by atoms with Crippen LogP contribution >= 0.6 is 0 Å². The summed E-state index contributed by atoms with van der Waals surface area (Å²) in [6, 6.07) is 76.5. The smallest absolute Gasteiger partial charge is 0.207 e. The van der Waals surface area contributed by atoms with E-state index in [1.807, 2.05) is 0 Å². The van der Waals surface area contributed by atoms with Crippen LogP contribution in [0.2, 0.25) is 0 Å². The summed E-state index contributed by atoms with van der Waals surface area (Å²) in [5.74, 6) is 4.81. The van der Waals surface area contributed by atoms with Crippen molar-refractivity contribution in [2.45, 2.75) is 0 Å². The Balaban J connectivity index is 1.09. The van der Waals surface area contributed by atoms with E-state index in [4.69, 9.17) is 14.2 Å². The summed E-state index contributed by atoms with van der Waals surface area (Å²) in [5.41, 5.74) is 9.60. The van der Waals surface area contributed by atoms with E-state index in [-0.39, 0.29) is 0 Å². The van der Waals surface area contributed by atoms with Crippen LogP contribution in [-0.2, 0) is 0 Å². The molecule has 13 aromatic rings. The van der Waals surface area contributed by atoms with E-state index >= 15 is 0 Å². The monoisotopic (exact) mass is 873 g/mol. The number of benzene rings is 10. The van der Waals surface area contributed by atoms with E-state index in [9.17, 15) is 0 Å². The zero-order valence-electron chi connectivity index (χ0n) is 35.8. The van der Waals surface area contributed by atoms with E-state index in [2.05, 4.69) is 226 Å². The maximum Gasteiger partial charge on any atom is 0.207 e. The molecular weight excluding hydrogens is 839 g/mol. The fourth-order valence-corrected chi connectivity index (χ4v) is 17.6. The van der Waals surface area contributed by atoms with Crippen LogP contribution in [0.5, 0.6) is 34.5 Å². The number of hydrogen-bond acceptors (Lipinski definition) is 3. The highest BCUT2D eigenvalue weighted by atomic mass is 28.3. The Labute approximate surface area is 384 Å². The van der Waals surface area contributed by atoms with E-state index in [0.29, 0.717) is 0 Å². The first-order valence-electron chi connectivity index (χ1n) is 22.8. The Morgan fingerprint density at radius 2 is 0.507 bits per heavy atom. The minimum absolute atomic E-state index is 0.794. The van der Waals surface area contributed by atoms with Crippen LogP contribution in [0.15, 0.2) is 212 Å². The maximum atomic E-state index is 7.55. The molecule has 16 rings (SSSR count). The number of rotatable bonds is 4. The molecule has 0 radical (unpaired) electrons. The van der Waals surface area contributed by atoms with Gasteiger partial charge in [-0.2, -0.15) is 0 Å². The van der Waals surface area contributed by atoms with Gasteiger partial charge < -0.3 is 27.9 Å². The molecule has 0 amide bonds. The second-order valence-electron chi connectivity index (χ2n) is 17.9. The molecule has 0 aliphatic carbocycles. The molecule has 0 atom stereocenters. The van der Waals surface area contributed by atoms with Crippen molar-refractivity contribution in [3.8, 4) is 51.6 Å². The van der Waals surface area contributed by atoms with Gasteiger partial charge in [0.05, 0.1) is 50.2 Å². The minimum atomic E-state index is -3.48. The number of nitrogens with zero attached hydrogens (tertiary/aromatic N) is 3. The molecule has 312 valence electrons. The Morgan fingerprint density at radius 1 is 0.254 bits per heavy atom. The number of fused-ring (bicyclic) bond motifs is 9. The quantitative estimate of drug-likeness (QED) is 0.165. The van der Waals surface area contributed by atoms with Crippen molar-refractivity contribution in [3.63, 3.8) is 0 Å². The number of para-hydroxylation sites is 6. The lowest BCUT2D eigenvalue weighted by molar-refractivity contribution is 0.439. The topological polar surface area (TPSA) is 42.5 Å². The average Bonchev–Trinajstić information content (AvgIpc) is 4.03. The van der Waals surface area contributed by atoms with Crippen molar-refractivity contribution in [1.82, 2.24) is 13.7 Å². The number of aromatic nitrogens is 3. The zero-order valence-corrected chi connectivity index (χ0v) is 36.8. The third-order valence-corrected chi connectivity index (χ3v) is 19.6. The first-order valence-corrected chi connectivity index (χ1v) is 24.8. The van der Waals surface area contributed by atoms with Gasteiger partial charge in [0.1, 0.15) is 17.2 Å². The molecular formula is C60H35N3O3Si. The van der Waals surface area contributed by atoms with Gasteiger partial charge >= 0.3 is 0 Å². The summed E-state index contributed by atoms with van der Waals surface area (Å²) >= 11 is 0. The Hall–Kier alpha value is -8.78. The predicted octanol–water partition coefficient (Wildman–Crippen LogP) is 12.7. The molecule has 0 saturated heterocycles. The molecule has 0 unspecified atom stereocenters. The first kappa shape index (κ1) is 35.6. The predicted molar refractivity (Wildman–Crippen MR) is 273 cm³/mol. The van der Waals surface area contributed by atoms with Crippen molar-refractivity contribution in [2.24, 2.45) is 0 Å². The maximum absolute atomic E-state index is 7.55. The van der Waals surface area contributed by atoms with Gasteiger partial charge in [-0.3, -0.25) is 0 Å². The molecule has 67 heavy (non-hydrogen) atoms. The average molecular weight is 874 g/mol. The second-order valence-corrected chi connectivity index (χ2v) is 21.5. The first-order chi connectivity index (χ1) is 33.3. The minimum Gasteiger partial charge on any atom is -0.455 e. The molecule has 3 aliphatic rings. The van der Waals surface area contributed by atoms with Gasteiger partial charge in [-0.05, 0) is 78.0 Å². The van der Waals surface area contributed by atoms with E-state index in [1.165, 1.54) is 37.5 Å². The summed E-state index contributed by atoms with van der Waals surface area (Å²) in [7, 11) is -3.48. The van der Waals surface area contributed by atoms with Crippen LogP contribution in [0, 0.1) is 0 Å². The summed E-state index contributed by atoms with van der Waals surface area (Å²) in [5, 5.41) is 11.6. The highest BCUT2D eigenvalue weighted by molar-refractivity contribution is 7.22. The number of ether oxygens (including phenoxy) is 3. The molecule has 0 bridgehead atoms. The van der Waals surface area contributed by atoms with Crippen LogP contribution in [0.1, 0.15) is 0 Å². The fourth-order valence-electron chi connectivity index (χ4n) is 12.2. The summed E-state index contributed by atoms with van der Waals surface area (Å²) in [4.78, 5) is 0. The number of hydrogen-bond donors (Lipinski definition) is 0. The Bertz CT molecular complexity index is 3760. The van der Waals surface area contributed by atoms with Crippen molar-refractivity contribution in [1.29, 1.82) is 0 Å². The standard InChI is InChI=1S/C60H35N3O3Si/c1-2-16-36(17-3-1)67-58-52-33-30-49(61-43-24-10-4-18-37(43)38-19-5-11-25-44(38)61)55(58)64-53-34-31-50(62-45-26-12-6-20-39(45)40-21-7-13-27-46(40)62)56(59(53)67)66-54-35-32-51(57(65-52)60(54)67)63-47-28-14-8-22-41(47)42-23-9-15-29-48(42)63/h1-35H. The molecule has 10 aromatic carbocycles. The molecule has 3 aliphatic heterocycles. The molecule has 0 N–H and O–H groups in total. The Kier molecular flexibility index (Phi) is 6.75. The largest absolute Gasteiger partial charge is 0.455 e. The lowest BCUT2D eigenvalue weighted by Crippen LogP contribution is -2.79. The SMILES string of the molecule is c1ccc([Si]23c4c5ccc(-n6c7ccccc7c7ccccc76)c4Oc4ccc(-n6c7ccccc7c7ccccc76)c(c42)Oc2ccc(-n4c6ccccc6c6ccccc64)c(c23)O5)cc1. The van der Waals surface area contributed by atoms with Crippen molar-refractivity contribution in [3.05, 3.63) is 212 Å². The summed E-state index contributed by atoms with van der Waals surface area (Å²) in [6.45, 7) is 0. The van der Waals surface area contributed by atoms with Crippen LogP contribution in [-0.4, -0.2) is 21.8 Å². The van der Waals surface area contributed by atoms with Crippen molar-refractivity contribution >= 4 is 94.2 Å². The summed E-state index contributed by atoms with van der Waals surface area (Å²) in [6.07, 6.45) is 0. The van der Waals surface area contributed by atoms with Gasteiger partial charge in [-0.1, -0.05) is 140 Å². The Morgan fingerprint density at radius 3 is 0.791 bits per heavy atom. The molecule has 0 saturated carbocycles. The lowest BCUT2D eigenvalue weighted by atomic mass is 10.2. The van der Waals surface area contributed by atoms with Crippen LogP contribution < -0.4 is 35.0 Å². The zero-order chi connectivity index (χ0) is 43.5. The lowest BCUT2D eigenvalue weighted by Gasteiger charge is -2.47. The van der Waals surface area contributed by atoms with Crippen LogP contribution in [0.3, 0.4) is 0 Å². The van der Waals surface area contributed by atoms with Gasteiger partial charge in [0.25, 0.3) is 0 Å². The van der Waals surface area contributed by atoms with Gasteiger partial charge in [-0.15, -0.1) is 0 Å². The van der Waals surface area contributed by atoms with Crippen LogP contribution in [0.25, 0.3) is 82.5 Å². The molecule has 6 nitrogen and oxygen atoms in total. The second kappa shape index (κ2) is 12.7. The van der Waals surface area contributed by atoms with Crippen molar-refractivity contribution < 1.29 is 14.2 Å². The van der Waals surface area contributed by atoms with E-state index < -0.39 is 8.07 Å². The van der Waals surface area contributed by atoms with Gasteiger partial charge in [-0.25, -0.2) is 0 Å². The normalized spacial score (nSPS) is 13.9. The van der Waals surface area contributed by atoms with Crippen LogP contribution in [0.4, 0.5) is 0 Å². The molecule has 0 fully saturated rings. The van der Waals surface area contributed by atoms with Gasteiger partial charge in [0.15, 0.2) is 17.2 Å².